The molecule has 108 valence electrons. The van der Waals surface area contributed by atoms with Crippen molar-refractivity contribution in [3.63, 3.8) is 0 Å². The lowest BCUT2D eigenvalue weighted by atomic mass is 9.72. The van der Waals surface area contributed by atoms with E-state index in [1.54, 1.807) is 4.90 Å². The SMILES string of the molecule is CC1(C)CCC(CC(=O)N2CCC[C@H]2C(=O)O)CC1. The van der Waals surface area contributed by atoms with Crippen molar-refractivity contribution >= 4 is 11.9 Å². The largest absolute Gasteiger partial charge is 0.480 e. The third-order valence-corrected chi connectivity index (χ3v) is 4.78. The number of aliphatic carboxylic acids is 1. The Hall–Kier alpha value is -1.06. The summed E-state index contributed by atoms with van der Waals surface area (Å²) in [5, 5.41) is 9.11. The highest BCUT2D eigenvalue weighted by molar-refractivity contribution is 5.84. The van der Waals surface area contributed by atoms with Crippen molar-refractivity contribution in [2.75, 3.05) is 6.54 Å². The zero-order chi connectivity index (χ0) is 14.0. The monoisotopic (exact) mass is 267 g/mol. The van der Waals surface area contributed by atoms with Crippen molar-refractivity contribution in [3.05, 3.63) is 0 Å². The van der Waals surface area contributed by atoms with Crippen molar-refractivity contribution in [2.24, 2.45) is 11.3 Å². The molecule has 0 bridgehead atoms. The summed E-state index contributed by atoms with van der Waals surface area (Å²) in [5.74, 6) is -0.346. The molecular weight excluding hydrogens is 242 g/mol. The molecule has 0 unspecified atom stereocenters. The Balaban J connectivity index is 1.86. The fourth-order valence-corrected chi connectivity index (χ4v) is 3.35. The van der Waals surface area contributed by atoms with Crippen molar-refractivity contribution in [2.45, 2.75) is 64.8 Å². The summed E-state index contributed by atoms with van der Waals surface area (Å²) in [6.45, 7) is 5.19. The van der Waals surface area contributed by atoms with Crippen LogP contribution in [0, 0.1) is 11.3 Å². The van der Waals surface area contributed by atoms with E-state index in [9.17, 15) is 9.59 Å². The van der Waals surface area contributed by atoms with Crippen LogP contribution in [0.1, 0.15) is 58.8 Å². The summed E-state index contributed by atoms with van der Waals surface area (Å²) in [5.41, 5.74) is 0.413. The standard InChI is InChI=1S/C15H25NO3/c1-15(2)7-5-11(6-8-15)10-13(17)16-9-3-4-12(16)14(18)19/h11-12H,3-10H2,1-2H3,(H,18,19)/t12-/m0/s1. The Bertz CT molecular complexity index is 354. The van der Waals surface area contributed by atoms with E-state index in [2.05, 4.69) is 13.8 Å². The molecule has 4 nitrogen and oxygen atoms in total. The third-order valence-electron chi connectivity index (χ3n) is 4.78. The first-order valence-electron chi connectivity index (χ1n) is 7.41. The van der Waals surface area contributed by atoms with Gasteiger partial charge in [-0.2, -0.15) is 0 Å². The van der Waals surface area contributed by atoms with Crippen molar-refractivity contribution in [1.82, 2.24) is 4.90 Å². The summed E-state index contributed by atoms with van der Waals surface area (Å²) < 4.78 is 0. The number of nitrogens with zero attached hydrogens (tertiary/aromatic N) is 1. The van der Waals surface area contributed by atoms with E-state index in [0.29, 0.717) is 30.7 Å². The predicted octanol–water partition coefficient (Wildman–Crippen LogP) is 2.67. The molecule has 1 heterocycles. The molecule has 0 spiro atoms. The van der Waals surface area contributed by atoms with E-state index in [1.807, 2.05) is 0 Å². The average molecular weight is 267 g/mol. The highest BCUT2D eigenvalue weighted by atomic mass is 16.4. The number of carbonyl (C=O) groups is 2. The van der Waals surface area contributed by atoms with Crippen LogP contribution in [0.25, 0.3) is 0 Å². The number of hydrogen-bond acceptors (Lipinski definition) is 2. The van der Waals surface area contributed by atoms with Crippen LogP contribution in [0.4, 0.5) is 0 Å². The van der Waals surface area contributed by atoms with Gasteiger partial charge in [0.25, 0.3) is 0 Å². The van der Waals surface area contributed by atoms with Crippen molar-refractivity contribution in [1.29, 1.82) is 0 Å². The van der Waals surface area contributed by atoms with Crippen LogP contribution in [-0.2, 0) is 9.59 Å². The van der Waals surface area contributed by atoms with Gasteiger partial charge in [0.15, 0.2) is 0 Å². The molecule has 1 aliphatic heterocycles. The zero-order valence-electron chi connectivity index (χ0n) is 12.0. The van der Waals surface area contributed by atoms with E-state index >= 15 is 0 Å². The molecule has 4 heteroatoms. The molecule has 2 rings (SSSR count). The summed E-state index contributed by atoms with van der Waals surface area (Å²) in [7, 11) is 0. The second-order valence-electron chi connectivity index (χ2n) is 6.90. The topological polar surface area (TPSA) is 57.6 Å². The molecular formula is C15H25NO3. The summed E-state index contributed by atoms with van der Waals surface area (Å²) in [4.78, 5) is 24.9. The number of carboxylic acid groups (broad SMARTS) is 1. The van der Waals surface area contributed by atoms with E-state index in [4.69, 9.17) is 5.11 Å². The lowest BCUT2D eigenvalue weighted by molar-refractivity contribution is -0.148. The molecule has 0 aromatic carbocycles. The highest BCUT2D eigenvalue weighted by Crippen LogP contribution is 2.39. The van der Waals surface area contributed by atoms with Gasteiger partial charge < -0.3 is 10.0 Å². The maximum Gasteiger partial charge on any atom is 0.326 e. The molecule has 1 amide bonds. The van der Waals surface area contributed by atoms with E-state index in [0.717, 1.165) is 19.3 Å². The molecule has 0 aromatic heterocycles. The second-order valence-corrected chi connectivity index (χ2v) is 6.90. The molecule has 2 fully saturated rings. The predicted molar refractivity (Wildman–Crippen MR) is 72.7 cm³/mol. The molecule has 1 saturated heterocycles. The molecule has 1 aliphatic carbocycles. The normalized spacial score (nSPS) is 27.5. The maximum atomic E-state index is 12.3. The Morgan fingerprint density at radius 2 is 1.84 bits per heavy atom. The zero-order valence-corrected chi connectivity index (χ0v) is 12.0. The average Bonchev–Trinajstić information content (AvgIpc) is 2.81. The minimum Gasteiger partial charge on any atom is -0.480 e. The number of amides is 1. The fourth-order valence-electron chi connectivity index (χ4n) is 3.35. The lowest BCUT2D eigenvalue weighted by Crippen LogP contribution is -2.41. The Kier molecular flexibility index (Phi) is 4.16. The van der Waals surface area contributed by atoms with Gasteiger partial charge in [0.05, 0.1) is 0 Å². The van der Waals surface area contributed by atoms with Crippen LogP contribution >= 0.6 is 0 Å². The Morgan fingerprint density at radius 3 is 2.42 bits per heavy atom. The van der Waals surface area contributed by atoms with Gasteiger partial charge in [-0.25, -0.2) is 4.79 Å². The van der Waals surface area contributed by atoms with Crippen LogP contribution < -0.4 is 0 Å². The van der Waals surface area contributed by atoms with Gasteiger partial charge in [0.1, 0.15) is 6.04 Å². The molecule has 1 N–H and O–H groups in total. The summed E-state index contributed by atoms with van der Waals surface area (Å²) in [6, 6.07) is -0.576. The third kappa shape index (κ3) is 3.48. The first-order chi connectivity index (χ1) is 8.89. The van der Waals surface area contributed by atoms with Crippen LogP contribution in [0.2, 0.25) is 0 Å². The van der Waals surface area contributed by atoms with E-state index in [1.165, 1.54) is 12.8 Å². The number of likely N-dealkylation sites (tertiary alicyclic amines) is 1. The molecule has 19 heavy (non-hydrogen) atoms. The Morgan fingerprint density at radius 1 is 1.21 bits per heavy atom. The van der Waals surface area contributed by atoms with Crippen LogP contribution in [0.5, 0.6) is 0 Å². The quantitative estimate of drug-likeness (QED) is 0.855. The molecule has 0 radical (unpaired) electrons. The van der Waals surface area contributed by atoms with Crippen molar-refractivity contribution in [3.8, 4) is 0 Å². The van der Waals surface area contributed by atoms with Gasteiger partial charge in [0.2, 0.25) is 5.91 Å². The smallest absolute Gasteiger partial charge is 0.326 e. The molecule has 0 aromatic rings. The highest BCUT2D eigenvalue weighted by Gasteiger charge is 2.35. The van der Waals surface area contributed by atoms with E-state index in [-0.39, 0.29) is 5.91 Å². The van der Waals surface area contributed by atoms with Gasteiger partial charge in [-0.05, 0) is 49.9 Å². The number of rotatable bonds is 3. The molecule has 2 aliphatic rings. The molecule has 1 saturated carbocycles. The first-order valence-corrected chi connectivity index (χ1v) is 7.41. The second kappa shape index (κ2) is 5.51. The first kappa shape index (κ1) is 14.4. The summed E-state index contributed by atoms with van der Waals surface area (Å²) in [6.07, 6.45) is 6.52. The maximum absolute atomic E-state index is 12.3. The van der Waals surface area contributed by atoms with Gasteiger partial charge >= 0.3 is 5.97 Å². The molecule has 1 atom stereocenters. The van der Waals surface area contributed by atoms with Gasteiger partial charge in [-0.15, -0.1) is 0 Å². The number of carboxylic acids is 1. The minimum absolute atomic E-state index is 0.0506. The lowest BCUT2D eigenvalue weighted by Gasteiger charge is -2.34. The summed E-state index contributed by atoms with van der Waals surface area (Å²) >= 11 is 0. The van der Waals surface area contributed by atoms with Crippen LogP contribution in [0.15, 0.2) is 0 Å². The Labute approximate surface area is 115 Å². The van der Waals surface area contributed by atoms with Crippen molar-refractivity contribution < 1.29 is 14.7 Å². The van der Waals surface area contributed by atoms with Gasteiger partial charge in [-0.3, -0.25) is 4.79 Å². The van der Waals surface area contributed by atoms with Gasteiger partial charge in [0, 0.05) is 13.0 Å². The van der Waals surface area contributed by atoms with Gasteiger partial charge in [-0.1, -0.05) is 13.8 Å². The van der Waals surface area contributed by atoms with E-state index < -0.39 is 12.0 Å². The van der Waals surface area contributed by atoms with Crippen LogP contribution in [0.3, 0.4) is 0 Å². The fraction of sp³-hybridized carbons (Fsp3) is 0.867. The minimum atomic E-state index is -0.851. The van der Waals surface area contributed by atoms with Crippen LogP contribution in [-0.4, -0.2) is 34.5 Å². The number of hydrogen-bond donors (Lipinski definition) is 1. The number of carbonyl (C=O) groups excluding carboxylic acids is 1.